The molecule has 6 heteroatoms. The van der Waals surface area contributed by atoms with Gasteiger partial charge in [0, 0.05) is 15.1 Å². The lowest BCUT2D eigenvalue weighted by Gasteiger charge is -2.31. The van der Waals surface area contributed by atoms with Crippen molar-refractivity contribution in [3.63, 3.8) is 0 Å². The Morgan fingerprint density at radius 3 is 2.56 bits per heavy atom. The molecule has 1 unspecified atom stereocenters. The van der Waals surface area contributed by atoms with Crippen LogP contribution < -0.4 is 0 Å². The number of carbonyl (C=O) groups is 1. The van der Waals surface area contributed by atoms with Crippen molar-refractivity contribution in [3.05, 3.63) is 26.9 Å². The Morgan fingerprint density at radius 1 is 1.33 bits per heavy atom. The molecule has 1 fully saturated rings. The summed E-state index contributed by atoms with van der Waals surface area (Å²) in [5.41, 5.74) is 0.576. The summed E-state index contributed by atoms with van der Waals surface area (Å²) in [5.74, 6) is -0.840. The van der Waals surface area contributed by atoms with Gasteiger partial charge in [-0.15, -0.1) is 0 Å². The predicted octanol–water partition coefficient (Wildman–Crippen LogP) is 3.22. The molecule has 18 heavy (non-hydrogen) atoms. The first kappa shape index (κ1) is 14.0. The highest BCUT2D eigenvalue weighted by atomic mass is 79.9. The lowest BCUT2D eigenvalue weighted by molar-refractivity contribution is -0.144. The molecule has 0 aliphatic carbocycles. The highest BCUT2D eigenvalue weighted by Gasteiger charge is 2.31. The van der Waals surface area contributed by atoms with Gasteiger partial charge in [-0.25, -0.2) is 0 Å². The molecule has 0 saturated carbocycles. The maximum Gasteiger partial charge on any atom is 0.327 e. The average molecular weight is 378 g/mol. The molecule has 1 atom stereocenters. The number of carboxylic acids is 1. The average Bonchev–Trinajstić information content (AvgIpc) is 2.33. The molecule has 1 aliphatic rings. The molecule has 1 aromatic rings. The SMILES string of the molecule is O=C(O)C(c1ncc(Br)cc1Br)N1CCCCC1. The van der Waals surface area contributed by atoms with Crippen LogP contribution in [0.25, 0.3) is 0 Å². The summed E-state index contributed by atoms with van der Waals surface area (Å²) in [5, 5.41) is 9.46. The van der Waals surface area contributed by atoms with Crippen LogP contribution in [0.3, 0.4) is 0 Å². The molecule has 0 amide bonds. The quantitative estimate of drug-likeness (QED) is 0.878. The number of hydrogen-bond donors (Lipinski definition) is 1. The number of aliphatic carboxylic acids is 1. The van der Waals surface area contributed by atoms with Gasteiger partial charge < -0.3 is 5.11 Å². The van der Waals surface area contributed by atoms with E-state index in [1.54, 1.807) is 6.20 Å². The molecule has 1 aliphatic heterocycles. The van der Waals surface area contributed by atoms with E-state index in [2.05, 4.69) is 36.8 Å². The molecule has 1 saturated heterocycles. The van der Waals surface area contributed by atoms with Gasteiger partial charge in [0.1, 0.15) is 0 Å². The van der Waals surface area contributed by atoms with Crippen LogP contribution in [-0.4, -0.2) is 34.0 Å². The Bertz CT molecular complexity index is 448. The van der Waals surface area contributed by atoms with Gasteiger partial charge in [0.05, 0.1) is 5.69 Å². The third-order valence-electron chi connectivity index (χ3n) is 3.08. The Hall–Kier alpha value is -0.460. The third-order valence-corrected chi connectivity index (χ3v) is 4.15. The second-order valence-corrected chi connectivity index (χ2v) is 6.13. The molecular weight excluding hydrogens is 364 g/mol. The fraction of sp³-hybridized carbons (Fsp3) is 0.500. The fourth-order valence-electron chi connectivity index (χ4n) is 2.25. The lowest BCUT2D eigenvalue weighted by Crippen LogP contribution is -2.38. The van der Waals surface area contributed by atoms with Crippen LogP contribution in [0.1, 0.15) is 31.0 Å². The van der Waals surface area contributed by atoms with E-state index in [4.69, 9.17) is 0 Å². The minimum atomic E-state index is -0.840. The summed E-state index contributed by atoms with van der Waals surface area (Å²) in [7, 11) is 0. The Labute approximate surface area is 123 Å². The fourth-order valence-corrected chi connectivity index (χ4v) is 3.45. The van der Waals surface area contributed by atoms with Crippen LogP contribution in [-0.2, 0) is 4.79 Å². The molecule has 98 valence electrons. The Morgan fingerprint density at radius 2 is 2.00 bits per heavy atom. The molecule has 0 bridgehead atoms. The van der Waals surface area contributed by atoms with Crippen molar-refractivity contribution in [3.8, 4) is 0 Å². The maximum absolute atomic E-state index is 11.5. The van der Waals surface area contributed by atoms with E-state index in [1.165, 1.54) is 6.42 Å². The normalized spacial score (nSPS) is 18.6. The number of hydrogen-bond acceptors (Lipinski definition) is 3. The lowest BCUT2D eigenvalue weighted by atomic mass is 10.1. The summed E-state index contributed by atoms with van der Waals surface area (Å²) in [6.07, 6.45) is 4.92. The second kappa shape index (κ2) is 6.12. The summed E-state index contributed by atoms with van der Waals surface area (Å²) in [6, 6.07) is 1.18. The predicted molar refractivity (Wildman–Crippen MR) is 75.4 cm³/mol. The highest BCUT2D eigenvalue weighted by Crippen LogP contribution is 2.30. The van der Waals surface area contributed by atoms with Gasteiger partial charge in [0.2, 0.25) is 0 Å². The maximum atomic E-state index is 11.5. The molecule has 0 spiro atoms. The summed E-state index contributed by atoms with van der Waals surface area (Å²) in [4.78, 5) is 17.8. The molecular formula is C12H14Br2N2O2. The van der Waals surface area contributed by atoms with Gasteiger partial charge in [-0.2, -0.15) is 0 Å². The van der Waals surface area contributed by atoms with Gasteiger partial charge in [-0.1, -0.05) is 6.42 Å². The van der Waals surface area contributed by atoms with Crippen LogP contribution in [0, 0.1) is 0 Å². The molecule has 4 nitrogen and oxygen atoms in total. The minimum Gasteiger partial charge on any atom is -0.480 e. The van der Waals surface area contributed by atoms with Crippen LogP contribution in [0.5, 0.6) is 0 Å². The van der Waals surface area contributed by atoms with Gasteiger partial charge in [-0.05, 0) is 63.9 Å². The van der Waals surface area contributed by atoms with E-state index in [1.807, 2.05) is 11.0 Å². The van der Waals surface area contributed by atoms with Crippen LogP contribution in [0.2, 0.25) is 0 Å². The molecule has 2 heterocycles. The number of nitrogens with zero attached hydrogens (tertiary/aromatic N) is 2. The van der Waals surface area contributed by atoms with Crippen molar-refractivity contribution in [2.75, 3.05) is 13.1 Å². The van der Waals surface area contributed by atoms with Crippen LogP contribution >= 0.6 is 31.9 Å². The first-order chi connectivity index (χ1) is 8.59. The van der Waals surface area contributed by atoms with Gasteiger partial charge in [-0.3, -0.25) is 14.7 Å². The van der Waals surface area contributed by atoms with E-state index in [0.29, 0.717) is 5.69 Å². The second-order valence-electron chi connectivity index (χ2n) is 4.36. The number of rotatable bonds is 3. The topological polar surface area (TPSA) is 53.4 Å². The Kier molecular flexibility index (Phi) is 4.75. The van der Waals surface area contributed by atoms with Gasteiger partial charge in [0.25, 0.3) is 0 Å². The van der Waals surface area contributed by atoms with E-state index in [-0.39, 0.29) is 0 Å². The summed E-state index contributed by atoms with van der Waals surface area (Å²) >= 11 is 6.73. The largest absolute Gasteiger partial charge is 0.480 e. The van der Waals surface area contributed by atoms with Crippen molar-refractivity contribution in [2.24, 2.45) is 0 Å². The molecule has 1 N–H and O–H groups in total. The summed E-state index contributed by atoms with van der Waals surface area (Å²) < 4.78 is 1.57. The zero-order valence-electron chi connectivity index (χ0n) is 9.77. The molecule has 0 radical (unpaired) electrons. The first-order valence-corrected chi connectivity index (χ1v) is 7.46. The number of aromatic nitrogens is 1. The first-order valence-electron chi connectivity index (χ1n) is 5.87. The van der Waals surface area contributed by atoms with Crippen molar-refractivity contribution in [1.29, 1.82) is 0 Å². The number of piperidine rings is 1. The van der Waals surface area contributed by atoms with E-state index in [9.17, 15) is 9.90 Å². The van der Waals surface area contributed by atoms with Gasteiger partial charge in [0.15, 0.2) is 6.04 Å². The zero-order chi connectivity index (χ0) is 13.1. The number of pyridine rings is 1. The van der Waals surface area contributed by atoms with E-state index >= 15 is 0 Å². The van der Waals surface area contributed by atoms with Crippen molar-refractivity contribution >= 4 is 37.8 Å². The zero-order valence-corrected chi connectivity index (χ0v) is 12.9. The van der Waals surface area contributed by atoms with E-state index < -0.39 is 12.0 Å². The van der Waals surface area contributed by atoms with E-state index in [0.717, 1.165) is 34.9 Å². The van der Waals surface area contributed by atoms with Crippen LogP contribution in [0.15, 0.2) is 21.2 Å². The van der Waals surface area contributed by atoms with Gasteiger partial charge >= 0.3 is 5.97 Å². The van der Waals surface area contributed by atoms with Crippen molar-refractivity contribution in [1.82, 2.24) is 9.88 Å². The monoisotopic (exact) mass is 376 g/mol. The number of halogens is 2. The van der Waals surface area contributed by atoms with Crippen molar-refractivity contribution in [2.45, 2.75) is 25.3 Å². The number of likely N-dealkylation sites (tertiary alicyclic amines) is 1. The molecule has 2 rings (SSSR count). The van der Waals surface area contributed by atoms with Crippen molar-refractivity contribution < 1.29 is 9.90 Å². The standard InChI is InChI=1S/C12H14Br2N2O2/c13-8-6-9(14)10(15-7-8)11(12(17)18)16-4-2-1-3-5-16/h6-7,11H,1-5H2,(H,17,18). The smallest absolute Gasteiger partial charge is 0.327 e. The number of carboxylic acid groups (broad SMARTS) is 1. The Balaban J connectivity index is 2.31. The molecule has 1 aromatic heterocycles. The van der Waals surface area contributed by atoms with Crippen LogP contribution in [0.4, 0.5) is 0 Å². The molecule has 0 aromatic carbocycles. The minimum absolute atomic E-state index is 0.576. The highest BCUT2D eigenvalue weighted by molar-refractivity contribution is 9.11. The third kappa shape index (κ3) is 3.10. The summed E-state index contributed by atoms with van der Waals surface area (Å²) in [6.45, 7) is 1.64.